The van der Waals surface area contributed by atoms with Crippen molar-refractivity contribution in [1.29, 1.82) is 0 Å². The van der Waals surface area contributed by atoms with E-state index < -0.39 is 10.5 Å². The van der Waals surface area contributed by atoms with Gasteiger partial charge >= 0.3 is 5.69 Å². The molecule has 0 atom stereocenters. The van der Waals surface area contributed by atoms with Gasteiger partial charge in [0, 0.05) is 17.8 Å². The maximum absolute atomic E-state index is 10.9. The largest absolute Gasteiger partial charge is 0.484 e. The van der Waals surface area contributed by atoms with Crippen molar-refractivity contribution in [3.05, 3.63) is 28.3 Å². The van der Waals surface area contributed by atoms with Crippen molar-refractivity contribution in [2.24, 2.45) is 0 Å². The van der Waals surface area contributed by atoms with Crippen LogP contribution in [-0.4, -0.2) is 40.0 Å². The van der Waals surface area contributed by atoms with Crippen LogP contribution in [0.3, 0.4) is 0 Å². The van der Waals surface area contributed by atoms with E-state index in [0.717, 1.165) is 0 Å². The van der Waals surface area contributed by atoms with Gasteiger partial charge in [0.2, 0.25) is 0 Å². The number of ether oxygens (including phenoxy) is 1. The van der Waals surface area contributed by atoms with Gasteiger partial charge in [-0.05, 0) is 26.8 Å². The SMILES string of the molecule is CC(C)Oc1cc(NC(C)(CO)CO)ccc1[N+](=O)[O-]. The van der Waals surface area contributed by atoms with Crippen molar-refractivity contribution in [1.82, 2.24) is 0 Å². The average molecular weight is 284 g/mol. The minimum absolute atomic E-state index is 0.126. The van der Waals surface area contributed by atoms with Crippen molar-refractivity contribution in [3.63, 3.8) is 0 Å². The normalized spacial score (nSPS) is 11.5. The molecule has 0 radical (unpaired) electrons. The third-order valence-electron chi connectivity index (χ3n) is 2.66. The monoisotopic (exact) mass is 284 g/mol. The van der Waals surface area contributed by atoms with Gasteiger partial charge in [-0.2, -0.15) is 0 Å². The van der Waals surface area contributed by atoms with Crippen LogP contribution in [0.25, 0.3) is 0 Å². The number of anilines is 1. The summed E-state index contributed by atoms with van der Waals surface area (Å²) in [4.78, 5) is 10.4. The number of hydrogen-bond donors (Lipinski definition) is 3. The van der Waals surface area contributed by atoms with Gasteiger partial charge in [0.1, 0.15) is 0 Å². The first kappa shape index (κ1) is 16.2. The van der Waals surface area contributed by atoms with E-state index in [1.807, 2.05) is 0 Å². The molecule has 3 N–H and O–H groups in total. The summed E-state index contributed by atoms with van der Waals surface area (Å²) in [5, 5.41) is 32.4. The van der Waals surface area contributed by atoms with Crippen molar-refractivity contribution >= 4 is 11.4 Å². The quantitative estimate of drug-likeness (QED) is 0.518. The molecule has 1 aromatic rings. The molecule has 0 heterocycles. The molecule has 0 unspecified atom stereocenters. The predicted octanol–water partition coefficient (Wildman–Crippen LogP) is 1.54. The van der Waals surface area contributed by atoms with Gasteiger partial charge in [0.05, 0.1) is 29.8 Å². The lowest BCUT2D eigenvalue weighted by atomic mass is 10.0. The topological polar surface area (TPSA) is 105 Å². The van der Waals surface area contributed by atoms with Gasteiger partial charge in [0.15, 0.2) is 5.75 Å². The summed E-state index contributed by atoms with van der Waals surface area (Å²) in [6, 6.07) is 4.33. The number of benzene rings is 1. The fourth-order valence-electron chi connectivity index (χ4n) is 1.57. The van der Waals surface area contributed by atoms with Crippen LogP contribution < -0.4 is 10.1 Å². The smallest absolute Gasteiger partial charge is 0.311 e. The molecular formula is C13H20N2O5. The van der Waals surface area contributed by atoms with E-state index in [4.69, 9.17) is 4.74 Å². The molecule has 112 valence electrons. The number of hydrogen-bond acceptors (Lipinski definition) is 6. The van der Waals surface area contributed by atoms with Gasteiger partial charge in [0.25, 0.3) is 0 Å². The molecule has 7 heteroatoms. The molecule has 20 heavy (non-hydrogen) atoms. The molecule has 0 aromatic heterocycles. The van der Waals surface area contributed by atoms with Crippen LogP contribution in [0, 0.1) is 10.1 Å². The Morgan fingerprint density at radius 1 is 1.40 bits per heavy atom. The summed E-state index contributed by atoms with van der Waals surface area (Å²) in [5.41, 5.74) is -0.513. The second-order valence-corrected chi connectivity index (χ2v) is 5.11. The van der Waals surface area contributed by atoms with Crippen LogP contribution >= 0.6 is 0 Å². The maximum Gasteiger partial charge on any atom is 0.311 e. The van der Waals surface area contributed by atoms with Crippen molar-refractivity contribution in [2.75, 3.05) is 18.5 Å². The van der Waals surface area contributed by atoms with Crippen LogP contribution in [0.2, 0.25) is 0 Å². The Bertz CT molecular complexity index is 472. The van der Waals surface area contributed by atoms with E-state index in [-0.39, 0.29) is 30.8 Å². The Labute approximate surface area is 117 Å². The number of aliphatic hydroxyl groups is 2. The van der Waals surface area contributed by atoms with Gasteiger partial charge in [-0.25, -0.2) is 0 Å². The highest BCUT2D eigenvalue weighted by molar-refractivity contribution is 5.59. The minimum atomic E-state index is -0.911. The Morgan fingerprint density at radius 2 is 2.00 bits per heavy atom. The maximum atomic E-state index is 10.9. The van der Waals surface area contributed by atoms with Crippen LogP contribution in [0.4, 0.5) is 11.4 Å². The number of nitro groups is 1. The molecule has 0 bridgehead atoms. The zero-order valence-electron chi connectivity index (χ0n) is 11.8. The van der Waals surface area contributed by atoms with Crippen LogP contribution in [0.5, 0.6) is 5.75 Å². The predicted molar refractivity (Wildman–Crippen MR) is 75.1 cm³/mol. The molecule has 0 saturated heterocycles. The molecular weight excluding hydrogens is 264 g/mol. The van der Waals surface area contributed by atoms with E-state index in [9.17, 15) is 20.3 Å². The molecule has 0 aliphatic carbocycles. The highest BCUT2D eigenvalue weighted by atomic mass is 16.6. The molecule has 0 spiro atoms. The first-order valence-electron chi connectivity index (χ1n) is 6.26. The Kier molecular flexibility index (Phi) is 5.29. The summed E-state index contributed by atoms with van der Waals surface area (Å²) in [5.74, 6) is 0.147. The fourth-order valence-corrected chi connectivity index (χ4v) is 1.57. The Morgan fingerprint density at radius 3 is 2.45 bits per heavy atom. The highest BCUT2D eigenvalue weighted by Gasteiger charge is 2.24. The minimum Gasteiger partial charge on any atom is -0.484 e. The summed E-state index contributed by atoms with van der Waals surface area (Å²) >= 11 is 0. The molecule has 0 amide bonds. The number of nitrogens with one attached hydrogen (secondary N) is 1. The lowest BCUT2D eigenvalue weighted by Gasteiger charge is -2.27. The van der Waals surface area contributed by atoms with E-state index >= 15 is 0 Å². The second kappa shape index (κ2) is 6.53. The van der Waals surface area contributed by atoms with Gasteiger partial charge in [-0.15, -0.1) is 0 Å². The third kappa shape index (κ3) is 4.07. The Balaban J connectivity index is 3.09. The Hall–Kier alpha value is -1.86. The van der Waals surface area contributed by atoms with Crippen molar-refractivity contribution < 1.29 is 19.9 Å². The molecule has 0 aliphatic rings. The third-order valence-corrected chi connectivity index (χ3v) is 2.66. The summed E-state index contributed by atoms with van der Waals surface area (Å²) in [6.07, 6.45) is -0.203. The van der Waals surface area contributed by atoms with E-state index in [1.54, 1.807) is 20.8 Å². The van der Waals surface area contributed by atoms with Gasteiger partial charge < -0.3 is 20.3 Å². The van der Waals surface area contributed by atoms with E-state index in [2.05, 4.69) is 5.32 Å². The molecule has 0 saturated carbocycles. The highest BCUT2D eigenvalue weighted by Crippen LogP contribution is 2.31. The van der Waals surface area contributed by atoms with Crippen molar-refractivity contribution in [3.8, 4) is 5.75 Å². The standard InChI is InChI=1S/C13H20N2O5/c1-9(2)20-12-6-10(4-5-11(12)15(18)19)14-13(3,7-16)8-17/h4-6,9,14,16-17H,7-8H2,1-3H3. The zero-order valence-corrected chi connectivity index (χ0v) is 11.8. The van der Waals surface area contributed by atoms with Gasteiger partial charge in [-0.3, -0.25) is 10.1 Å². The fraction of sp³-hybridized carbons (Fsp3) is 0.538. The van der Waals surface area contributed by atoms with Crippen LogP contribution in [0.1, 0.15) is 20.8 Å². The van der Waals surface area contributed by atoms with Crippen LogP contribution in [0.15, 0.2) is 18.2 Å². The van der Waals surface area contributed by atoms with E-state index in [0.29, 0.717) is 5.69 Å². The first-order valence-corrected chi connectivity index (χ1v) is 6.26. The molecule has 0 fully saturated rings. The van der Waals surface area contributed by atoms with E-state index in [1.165, 1.54) is 18.2 Å². The average Bonchev–Trinajstić information content (AvgIpc) is 2.37. The summed E-state index contributed by atoms with van der Waals surface area (Å²) < 4.78 is 5.42. The second-order valence-electron chi connectivity index (χ2n) is 5.11. The number of nitrogens with zero attached hydrogens (tertiary/aromatic N) is 1. The summed E-state index contributed by atoms with van der Waals surface area (Å²) in [7, 11) is 0. The van der Waals surface area contributed by atoms with Crippen LogP contribution in [-0.2, 0) is 0 Å². The number of aliphatic hydroxyl groups excluding tert-OH is 2. The lowest BCUT2D eigenvalue weighted by Crippen LogP contribution is -2.42. The molecule has 7 nitrogen and oxygen atoms in total. The van der Waals surface area contributed by atoms with Gasteiger partial charge in [-0.1, -0.05) is 0 Å². The molecule has 0 aliphatic heterocycles. The lowest BCUT2D eigenvalue weighted by molar-refractivity contribution is -0.386. The first-order chi connectivity index (χ1) is 9.31. The zero-order chi connectivity index (χ0) is 15.3. The number of rotatable bonds is 7. The summed E-state index contributed by atoms with van der Waals surface area (Å²) in [6.45, 7) is 4.63. The molecule has 1 aromatic carbocycles. The number of nitro benzene ring substituents is 1. The molecule has 1 rings (SSSR count). The van der Waals surface area contributed by atoms with Crippen molar-refractivity contribution in [2.45, 2.75) is 32.4 Å².